The third kappa shape index (κ3) is 0.895. The third-order valence-electron chi connectivity index (χ3n) is 1.35. The molecule has 0 aromatic carbocycles. The van der Waals surface area contributed by atoms with Crippen LogP contribution in [-0.2, 0) is 0 Å². The van der Waals surface area contributed by atoms with Gasteiger partial charge in [-0.25, -0.2) is 9.97 Å². The van der Waals surface area contributed by atoms with Crippen LogP contribution in [0.1, 0.15) is 0 Å². The molecule has 60 valence electrons. The molecule has 0 aliphatic heterocycles. The molecular weight excluding hydrogens is 158 g/mol. The molecule has 0 bridgehead atoms. The number of nitrogens with two attached hydrogens (primary N) is 1. The number of rotatable bonds is 0. The molecule has 2 rings (SSSR count). The van der Waals surface area contributed by atoms with Crippen molar-refractivity contribution in [3.8, 4) is 6.01 Å². The molecule has 0 amide bonds. The minimum atomic E-state index is -0.388. The number of nitrogen functional groups attached to an aromatic ring is 1. The topological polar surface area (TPSA) is 97.8 Å². The van der Waals surface area contributed by atoms with Crippen molar-refractivity contribution < 1.29 is 5.11 Å². The minimum absolute atomic E-state index is 0.130. The molecule has 0 unspecified atom stereocenters. The Kier molecular flexibility index (Phi) is 1.26. The van der Waals surface area contributed by atoms with Crippen LogP contribution in [0.25, 0.3) is 11.2 Å². The molecule has 2 aromatic heterocycles. The fraction of sp³-hybridized carbons (Fsp3) is 0. The maximum absolute atomic E-state index is 8.94. The van der Waals surface area contributed by atoms with E-state index in [1.54, 1.807) is 0 Å². The van der Waals surface area contributed by atoms with Crippen molar-refractivity contribution in [2.24, 2.45) is 0 Å². The predicted octanol–water partition coefficient (Wildman–Crippen LogP) is -0.292. The molecule has 3 N–H and O–H groups in total. The zero-order valence-electron chi connectivity index (χ0n) is 5.97. The summed E-state index contributed by atoms with van der Waals surface area (Å²) in [5.74, 6) is 0.130. The lowest BCUT2D eigenvalue weighted by atomic mass is 10.5. The summed E-state index contributed by atoms with van der Waals surface area (Å²) < 4.78 is 0. The average Bonchev–Trinajstić information content (AvgIpc) is 2.04. The molecule has 0 spiro atoms. The summed E-state index contributed by atoms with van der Waals surface area (Å²) in [6.45, 7) is 0. The van der Waals surface area contributed by atoms with Crippen LogP contribution in [0.2, 0.25) is 0 Å². The van der Waals surface area contributed by atoms with Crippen LogP contribution in [-0.4, -0.2) is 25.0 Å². The first-order chi connectivity index (χ1) is 5.77. The van der Waals surface area contributed by atoms with Gasteiger partial charge in [0.2, 0.25) is 0 Å². The van der Waals surface area contributed by atoms with E-state index >= 15 is 0 Å². The Morgan fingerprint density at radius 3 is 2.75 bits per heavy atom. The second kappa shape index (κ2) is 2.26. The van der Waals surface area contributed by atoms with Gasteiger partial charge in [0, 0.05) is 12.4 Å². The first-order valence-corrected chi connectivity index (χ1v) is 3.20. The van der Waals surface area contributed by atoms with Crippen LogP contribution in [0.5, 0.6) is 6.01 Å². The van der Waals surface area contributed by atoms with E-state index in [4.69, 9.17) is 10.8 Å². The highest BCUT2D eigenvalue weighted by atomic mass is 16.3. The van der Waals surface area contributed by atoms with Crippen LogP contribution >= 0.6 is 0 Å². The molecule has 6 heteroatoms. The second-order valence-corrected chi connectivity index (χ2v) is 2.14. The van der Waals surface area contributed by atoms with Gasteiger partial charge in [-0.3, -0.25) is 0 Å². The van der Waals surface area contributed by atoms with Crippen molar-refractivity contribution in [2.75, 3.05) is 5.73 Å². The van der Waals surface area contributed by atoms with E-state index in [1.807, 2.05) is 0 Å². The van der Waals surface area contributed by atoms with Gasteiger partial charge in [0.05, 0.1) is 0 Å². The van der Waals surface area contributed by atoms with Gasteiger partial charge in [0.15, 0.2) is 17.0 Å². The van der Waals surface area contributed by atoms with Crippen molar-refractivity contribution in [3.63, 3.8) is 0 Å². The molecule has 0 radical (unpaired) electrons. The highest BCUT2D eigenvalue weighted by Gasteiger charge is 2.04. The number of aromatic hydroxyl groups is 1. The molecule has 0 saturated heterocycles. The lowest BCUT2D eigenvalue weighted by Crippen LogP contribution is -1.97. The quantitative estimate of drug-likeness (QED) is 0.553. The van der Waals surface area contributed by atoms with Crippen molar-refractivity contribution in [1.82, 2.24) is 19.9 Å². The van der Waals surface area contributed by atoms with Gasteiger partial charge in [0.25, 0.3) is 0 Å². The van der Waals surface area contributed by atoms with Crippen LogP contribution < -0.4 is 5.73 Å². The Balaban J connectivity index is 2.89. The van der Waals surface area contributed by atoms with Crippen LogP contribution in [0, 0.1) is 0 Å². The average molecular weight is 163 g/mol. The smallest absolute Gasteiger partial charge is 0.318 e. The summed E-state index contributed by atoms with van der Waals surface area (Å²) >= 11 is 0. The Morgan fingerprint density at radius 1 is 1.17 bits per heavy atom. The van der Waals surface area contributed by atoms with Crippen LogP contribution in [0.15, 0.2) is 12.4 Å². The van der Waals surface area contributed by atoms with E-state index in [9.17, 15) is 0 Å². The lowest BCUT2D eigenvalue weighted by Gasteiger charge is -1.97. The molecule has 0 atom stereocenters. The van der Waals surface area contributed by atoms with Crippen molar-refractivity contribution in [1.29, 1.82) is 0 Å². The highest BCUT2D eigenvalue weighted by molar-refractivity contribution is 5.80. The SMILES string of the molecule is Nc1nc(O)nc2nccnc12. The van der Waals surface area contributed by atoms with Gasteiger partial charge in [-0.1, -0.05) is 0 Å². The Hall–Kier alpha value is -1.98. The van der Waals surface area contributed by atoms with Gasteiger partial charge in [0.1, 0.15) is 0 Å². The summed E-state index contributed by atoms with van der Waals surface area (Å²) in [6, 6.07) is -0.388. The van der Waals surface area contributed by atoms with Crippen molar-refractivity contribution in [2.45, 2.75) is 0 Å². The number of nitrogens with zero attached hydrogens (tertiary/aromatic N) is 4. The Bertz CT molecular complexity index is 429. The van der Waals surface area contributed by atoms with Gasteiger partial charge >= 0.3 is 6.01 Å². The normalized spacial score (nSPS) is 10.3. The standard InChI is InChI=1S/C6H5N5O/c7-4-3-5(9-2-1-8-3)11-6(12)10-4/h1-2H,(H3,7,9,10,11,12). The van der Waals surface area contributed by atoms with E-state index in [0.29, 0.717) is 11.2 Å². The van der Waals surface area contributed by atoms with Crippen LogP contribution in [0.4, 0.5) is 5.82 Å². The summed E-state index contributed by atoms with van der Waals surface area (Å²) in [5.41, 5.74) is 6.14. The molecule has 0 fully saturated rings. The number of anilines is 1. The summed E-state index contributed by atoms with van der Waals surface area (Å²) in [5, 5.41) is 8.94. The number of hydrogen-bond acceptors (Lipinski definition) is 6. The molecule has 0 saturated carbocycles. The summed E-state index contributed by atoms with van der Waals surface area (Å²) in [7, 11) is 0. The Labute approximate surface area is 67.1 Å². The zero-order chi connectivity index (χ0) is 8.55. The monoisotopic (exact) mass is 163 g/mol. The first-order valence-electron chi connectivity index (χ1n) is 3.20. The van der Waals surface area contributed by atoms with Crippen LogP contribution in [0.3, 0.4) is 0 Å². The first kappa shape index (κ1) is 6.71. The fourth-order valence-electron chi connectivity index (χ4n) is 0.874. The van der Waals surface area contributed by atoms with E-state index in [2.05, 4.69) is 19.9 Å². The zero-order valence-corrected chi connectivity index (χ0v) is 5.97. The summed E-state index contributed by atoms with van der Waals surface area (Å²) in [4.78, 5) is 14.9. The van der Waals surface area contributed by atoms with E-state index < -0.39 is 0 Å². The van der Waals surface area contributed by atoms with E-state index in [-0.39, 0.29) is 11.8 Å². The van der Waals surface area contributed by atoms with E-state index in [0.717, 1.165) is 0 Å². The Morgan fingerprint density at radius 2 is 1.92 bits per heavy atom. The highest BCUT2D eigenvalue weighted by Crippen LogP contribution is 2.13. The number of aromatic nitrogens is 4. The van der Waals surface area contributed by atoms with E-state index in [1.165, 1.54) is 12.4 Å². The number of hydrogen-bond donors (Lipinski definition) is 2. The molecule has 0 aliphatic carbocycles. The third-order valence-corrected chi connectivity index (χ3v) is 1.35. The van der Waals surface area contributed by atoms with Gasteiger partial charge in [-0.15, -0.1) is 0 Å². The molecule has 0 aliphatic rings. The minimum Gasteiger partial charge on any atom is -0.479 e. The van der Waals surface area contributed by atoms with Gasteiger partial charge in [-0.05, 0) is 0 Å². The molecule has 6 nitrogen and oxygen atoms in total. The maximum Gasteiger partial charge on any atom is 0.318 e. The predicted molar refractivity (Wildman–Crippen MR) is 41.2 cm³/mol. The molecule has 2 heterocycles. The van der Waals surface area contributed by atoms with Crippen molar-refractivity contribution in [3.05, 3.63) is 12.4 Å². The lowest BCUT2D eigenvalue weighted by molar-refractivity contribution is 0.433. The maximum atomic E-state index is 8.94. The fourth-order valence-corrected chi connectivity index (χ4v) is 0.874. The van der Waals surface area contributed by atoms with Gasteiger partial charge in [-0.2, -0.15) is 9.97 Å². The number of fused-ring (bicyclic) bond motifs is 1. The molecule has 12 heavy (non-hydrogen) atoms. The summed E-state index contributed by atoms with van der Waals surface area (Å²) in [6.07, 6.45) is 2.95. The largest absolute Gasteiger partial charge is 0.479 e. The second-order valence-electron chi connectivity index (χ2n) is 2.14. The van der Waals surface area contributed by atoms with Gasteiger partial charge < -0.3 is 10.8 Å². The van der Waals surface area contributed by atoms with Crippen molar-refractivity contribution >= 4 is 17.0 Å². The molecular formula is C6H5N5O. The molecule has 2 aromatic rings.